The Bertz CT molecular complexity index is 312. The van der Waals surface area contributed by atoms with Crippen molar-refractivity contribution in [2.24, 2.45) is 0 Å². The minimum absolute atomic E-state index is 0.319. The van der Waals surface area contributed by atoms with Gasteiger partial charge >= 0.3 is 5.97 Å². The van der Waals surface area contributed by atoms with Crippen LogP contribution in [0.5, 0.6) is 0 Å². The van der Waals surface area contributed by atoms with Gasteiger partial charge in [0.2, 0.25) is 0 Å². The molecule has 0 radical (unpaired) electrons. The molecule has 0 atom stereocenters. The zero-order valence-corrected chi connectivity index (χ0v) is 8.13. The summed E-state index contributed by atoms with van der Waals surface area (Å²) >= 11 is 3.24. The number of alkyl halides is 1. The van der Waals surface area contributed by atoms with Crippen LogP contribution < -0.4 is 0 Å². The van der Waals surface area contributed by atoms with Gasteiger partial charge < -0.3 is 5.11 Å². The van der Waals surface area contributed by atoms with Crippen LogP contribution in [0.2, 0.25) is 0 Å². The van der Waals surface area contributed by atoms with Crippen molar-refractivity contribution in [2.75, 3.05) is 0 Å². The number of pyridine rings is 1. The summed E-state index contributed by atoms with van der Waals surface area (Å²) < 4.78 is 0. The quantitative estimate of drug-likeness (QED) is 0.790. The summed E-state index contributed by atoms with van der Waals surface area (Å²) in [6, 6.07) is 1.50. The number of carbonyl (C=O) groups is 1. The van der Waals surface area contributed by atoms with Crippen molar-refractivity contribution in [1.29, 1.82) is 0 Å². The lowest BCUT2D eigenvalue weighted by atomic mass is 10.1. The molecule has 1 aromatic rings. The highest BCUT2D eigenvalue weighted by molar-refractivity contribution is 9.08. The molecule has 0 fully saturated rings. The van der Waals surface area contributed by atoms with Gasteiger partial charge in [-0.05, 0) is 18.6 Å². The molecule has 0 unspecified atom stereocenters. The average molecular weight is 230 g/mol. The lowest BCUT2D eigenvalue weighted by Gasteiger charge is -2.03. The van der Waals surface area contributed by atoms with Gasteiger partial charge in [-0.15, -0.1) is 0 Å². The van der Waals surface area contributed by atoms with Crippen LogP contribution in [-0.2, 0) is 5.33 Å². The second-order valence-corrected chi connectivity index (χ2v) is 2.93. The lowest BCUT2D eigenvalue weighted by Crippen LogP contribution is -2.03. The van der Waals surface area contributed by atoms with Crippen LogP contribution in [0.15, 0.2) is 12.3 Å². The van der Waals surface area contributed by atoms with E-state index in [1.807, 2.05) is 0 Å². The Balaban J connectivity index is 3.23. The molecule has 1 rings (SSSR count). The molecule has 0 spiro atoms. The summed E-state index contributed by atoms with van der Waals surface area (Å²) in [5, 5.41) is 9.33. The Hall–Kier alpha value is -0.900. The third-order valence-corrected chi connectivity index (χ3v) is 2.20. The molecular weight excluding hydrogens is 222 g/mol. The van der Waals surface area contributed by atoms with Crippen LogP contribution in [0.25, 0.3) is 0 Å². The number of hydrogen-bond acceptors (Lipinski definition) is 2. The molecule has 0 aromatic carbocycles. The largest absolute Gasteiger partial charge is 0.478 e. The molecule has 0 aliphatic carbocycles. The summed E-state index contributed by atoms with van der Waals surface area (Å²) in [4.78, 5) is 14.7. The zero-order chi connectivity index (χ0) is 9.14. The fraction of sp³-hybridized carbons (Fsp3) is 0.250. The molecule has 0 saturated carbocycles. The van der Waals surface area contributed by atoms with Gasteiger partial charge in [-0.25, -0.2) is 4.79 Å². The Morgan fingerprint density at radius 1 is 1.75 bits per heavy atom. The predicted octanol–water partition coefficient (Wildman–Crippen LogP) is 1.98. The topological polar surface area (TPSA) is 50.2 Å². The third-order valence-electron chi connectivity index (χ3n) is 1.67. The Morgan fingerprint density at radius 3 is 2.92 bits per heavy atom. The van der Waals surface area contributed by atoms with Gasteiger partial charge in [0.25, 0.3) is 0 Å². The monoisotopic (exact) mass is 229 g/mol. The number of carboxylic acid groups (broad SMARTS) is 1. The van der Waals surface area contributed by atoms with Crippen molar-refractivity contribution in [3.8, 4) is 0 Å². The van der Waals surface area contributed by atoms with Gasteiger partial charge in [0.1, 0.15) is 0 Å². The average Bonchev–Trinajstić information content (AvgIpc) is 2.04. The molecule has 12 heavy (non-hydrogen) atoms. The van der Waals surface area contributed by atoms with E-state index >= 15 is 0 Å². The standard InChI is InChI=1S/C8H8BrNO2/c1-5-6(8(11)12)2-3-10-7(5)4-9/h2-3H,4H2,1H3,(H,11,12). The molecule has 1 heterocycles. The first-order chi connectivity index (χ1) is 5.66. The van der Waals surface area contributed by atoms with E-state index in [-0.39, 0.29) is 0 Å². The summed E-state index contributed by atoms with van der Waals surface area (Å²) in [6.45, 7) is 1.76. The van der Waals surface area contributed by atoms with E-state index in [0.717, 1.165) is 11.3 Å². The smallest absolute Gasteiger partial charge is 0.336 e. The van der Waals surface area contributed by atoms with Crippen molar-refractivity contribution in [3.63, 3.8) is 0 Å². The first-order valence-electron chi connectivity index (χ1n) is 3.40. The summed E-state index contributed by atoms with van der Waals surface area (Å²) in [6.07, 6.45) is 1.51. The second kappa shape index (κ2) is 3.67. The van der Waals surface area contributed by atoms with Crippen LogP contribution in [0.1, 0.15) is 21.6 Å². The molecule has 0 bridgehead atoms. The van der Waals surface area contributed by atoms with Crippen LogP contribution in [0.3, 0.4) is 0 Å². The maximum absolute atomic E-state index is 10.6. The normalized spacial score (nSPS) is 9.83. The molecule has 64 valence electrons. The van der Waals surface area contributed by atoms with Gasteiger partial charge in [-0.1, -0.05) is 15.9 Å². The van der Waals surface area contributed by atoms with Gasteiger partial charge in [0.05, 0.1) is 11.3 Å². The Morgan fingerprint density at radius 2 is 2.42 bits per heavy atom. The van der Waals surface area contributed by atoms with Gasteiger partial charge in [-0.2, -0.15) is 0 Å². The number of hydrogen-bond donors (Lipinski definition) is 1. The number of halogens is 1. The summed E-state index contributed by atoms with van der Waals surface area (Å²) in [5.41, 5.74) is 1.82. The van der Waals surface area contributed by atoms with Crippen LogP contribution in [0, 0.1) is 6.92 Å². The van der Waals surface area contributed by atoms with Crippen molar-refractivity contribution >= 4 is 21.9 Å². The molecule has 1 N–H and O–H groups in total. The maximum Gasteiger partial charge on any atom is 0.336 e. The molecule has 0 amide bonds. The Labute approximate surface area is 78.6 Å². The minimum Gasteiger partial charge on any atom is -0.478 e. The molecule has 0 aliphatic rings. The van der Waals surface area contributed by atoms with E-state index in [1.165, 1.54) is 12.3 Å². The Kier molecular flexibility index (Phi) is 2.81. The maximum atomic E-state index is 10.6. The number of rotatable bonds is 2. The second-order valence-electron chi connectivity index (χ2n) is 2.37. The number of aromatic nitrogens is 1. The highest BCUT2D eigenvalue weighted by Crippen LogP contribution is 2.13. The first-order valence-corrected chi connectivity index (χ1v) is 4.52. The summed E-state index contributed by atoms with van der Waals surface area (Å²) in [5.74, 6) is -0.905. The van der Waals surface area contributed by atoms with E-state index in [4.69, 9.17) is 5.11 Å². The van der Waals surface area contributed by atoms with E-state index in [1.54, 1.807) is 6.92 Å². The van der Waals surface area contributed by atoms with E-state index < -0.39 is 5.97 Å². The number of nitrogens with zero attached hydrogens (tertiary/aromatic N) is 1. The molecule has 1 aromatic heterocycles. The van der Waals surface area contributed by atoms with Gasteiger partial charge in [-0.3, -0.25) is 4.98 Å². The fourth-order valence-electron chi connectivity index (χ4n) is 0.945. The fourth-order valence-corrected chi connectivity index (χ4v) is 1.51. The van der Waals surface area contributed by atoms with Crippen LogP contribution >= 0.6 is 15.9 Å². The van der Waals surface area contributed by atoms with Crippen molar-refractivity contribution in [3.05, 3.63) is 29.1 Å². The molecule has 4 heteroatoms. The van der Waals surface area contributed by atoms with Gasteiger partial charge in [0, 0.05) is 11.5 Å². The first kappa shape index (κ1) is 9.19. The minimum atomic E-state index is -0.905. The molecule has 0 saturated heterocycles. The van der Waals surface area contributed by atoms with E-state index in [2.05, 4.69) is 20.9 Å². The third kappa shape index (κ3) is 1.64. The summed E-state index contributed by atoms with van der Waals surface area (Å²) in [7, 11) is 0. The van der Waals surface area contributed by atoms with Crippen molar-refractivity contribution < 1.29 is 9.90 Å². The SMILES string of the molecule is Cc1c(C(=O)O)ccnc1CBr. The lowest BCUT2D eigenvalue weighted by molar-refractivity contribution is 0.0696. The molecular formula is C8H8BrNO2. The highest BCUT2D eigenvalue weighted by Gasteiger charge is 2.09. The zero-order valence-electron chi connectivity index (χ0n) is 6.54. The highest BCUT2D eigenvalue weighted by atomic mass is 79.9. The van der Waals surface area contributed by atoms with Crippen LogP contribution in [-0.4, -0.2) is 16.1 Å². The number of aromatic carboxylic acids is 1. The predicted molar refractivity (Wildman–Crippen MR) is 48.6 cm³/mol. The van der Waals surface area contributed by atoms with Crippen molar-refractivity contribution in [1.82, 2.24) is 4.98 Å². The number of carboxylic acids is 1. The van der Waals surface area contributed by atoms with E-state index in [9.17, 15) is 4.79 Å². The molecule has 0 aliphatic heterocycles. The van der Waals surface area contributed by atoms with Crippen molar-refractivity contribution in [2.45, 2.75) is 12.3 Å². The molecule has 3 nitrogen and oxygen atoms in total. The van der Waals surface area contributed by atoms with E-state index in [0.29, 0.717) is 10.9 Å². The van der Waals surface area contributed by atoms with Crippen LogP contribution in [0.4, 0.5) is 0 Å². The van der Waals surface area contributed by atoms with Gasteiger partial charge in [0.15, 0.2) is 0 Å².